The monoisotopic (exact) mass is 726 g/mol. The number of fused-ring (bicyclic) bond motifs is 8. The fraction of sp³-hybridized carbons (Fsp3) is 0.361. The summed E-state index contributed by atoms with van der Waals surface area (Å²) >= 11 is 0. The van der Waals surface area contributed by atoms with Crippen molar-refractivity contribution in [3.05, 3.63) is 75.4 Å². The van der Waals surface area contributed by atoms with Crippen molar-refractivity contribution >= 4 is 57.2 Å². The maximum Gasteiger partial charge on any atom is 2.00 e. The van der Waals surface area contributed by atoms with E-state index in [9.17, 15) is 24.6 Å². The summed E-state index contributed by atoms with van der Waals surface area (Å²) in [5.41, 5.74) is 9.66. The van der Waals surface area contributed by atoms with E-state index in [0.717, 1.165) is 50.7 Å². The molecule has 0 spiro atoms. The molecule has 3 aromatic heterocycles. The number of ether oxygens (including phenoxy) is 1. The van der Waals surface area contributed by atoms with Crippen molar-refractivity contribution < 1.29 is 97.8 Å². The van der Waals surface area contributed by atoms with Gasteiger partial charge in [0, 0.05) is 57.1 Å². The maximum absolute atomic E-state index is 12.8. The quantitative estimate of drug-likeness (QED) is 0.190. The first-order valence-corrected chi connectivity index (χ1v) is 15.6. The molecule has 0 amide bonds. The molecule has 2 aliphatic heterocycles. The number of nitrogens with zero attached hydrogens (tertiary/aromatic N) is 2. The zero-order valence-electron chi connectivity index (χ0n) is 28.4. The molecule has 4 N–H and O–H groups in total. The molecule has 12 heteroatoms. The molecule has 0 saturated heterocycles. The van der Waals surface area contributed by atoms with Crippen LogP contribution in [0.1, 0.15) is 103 Å². The summed E-state index contributed by atoms with van der Waals surface area (Å²) in [6, 6.07) is 5.84. The van der Waals surface area contributed by atoms with E-state index in [0.29, 0.717) is 29.1 Å². The molecule has 8 bridgehead atoms. The normalized spacial score (nSPS) is 15.4. The largest absolute Gasteiger partial charge is 2.00 e. The number of esters is 1. The molecule has 0 aromatic carbocycles. The number of carboxylic acids is 2. The van der Waals surface area contributed by atoms with E-state index < -0.39 is 18.4 Å². The molecule has 5 heterocycles. The number of allylic oxidation sites excluding steroid dienone is 1. The van der Waals surface area contributed by atoms with E-state index in [1.54, 1.807) is 13.8 Å². The molecular formula is C36H40CuKN4O6+3. The summed E-state index contributed by atoms with van der Waals surface area (Å²) in [7, 11) is 0. The molecule has 10 nitrogen and oxygen atoms in total. The number of hydrogen-bond acceptors (Lipinski definition) is 6. The van der Waals surface area contributed by atoms with Gasteiger partial charge in [0.1, 0.15) is 0 Å². The van der Waals surface area contributed by atoms with E-state index >= 15 is 0 Å². The van der Waals surface area contributed by atoms with Gasteiger partial charge < -0.3 is 24.9 Å². The molecule has 2 aliphatic rings. The van der Waals surface area contributed by atoms with Crippen LogP contribution in [-0.4, -0.2) is 54.7 Å². The van der Waals surface area contributed by atoms with Gasteiger partial charge >= 0.3 is 86.4 Å². The Morgan fingerprint density at radius 2 is 1.62 bits per heavy atom. The minimum atomic E-state index is -1.20. The summed E-state index contributed by atoms with van der Waals surface area (Å²) in [6.07, 6.45) is 2.49. The zero-order valence-corrected chi connectivity index (χ0v) is 32.5. The van der Waals surface area contributed by atoms with Gasteiger partial charge in [-0.25, -0.2) is 9.78 Å². The van der Waals surface area contributed by atoms with Crippen LogP contribution in [0, 0.1) is 13.8 Å². The van der Waals surface area contributed by atoms with E-state index in [4.69, 9.17) is 14.7 Å². The van der Waals surface area contributed by atoms with Gasteiger partial charge in [-0.3, -0.25) is 14.6 Å². The van der Waals surface area contributed by atoms with Crippen LogP contribution in [0.2, 0.25) is 0 Å². The molecule has 0 unspecified atom stereocenters. The zero-order chi connectivity index (χ0) is 33.4. The van der Waals surface area contributed by atoms with Gasteiger partial charge in [-0.2, -0.15) is 0 Å². The van der Waals surface area contributed by atoms with Gasteiger partial charge in [0.15, 0.2) is 0 Å². The number of carbonyl (C=O) groups excluding carboxylic acids is 1. The standard InChI is InChI=1S/C36H40N4O6.Cu.K/c1-8-21-17(4)25-14-27-19(6)23(11-12-32(43)46-10-3)34(39-27)24(13-31(41)42)35-33(36(44)45)20(7)28(40-35)16-30-22(9-2)18(5)26(38-30)15-29(21)37-25;;/h8,14-16,19,23,37-38H,1,9-13H2,2-7H3,(H,41,42)(H,44,45);;/q;+2;+1/t19-,23-;;/m0../s1. The molecule has 0 fully saturated rings. The number of rotatable bonds is 9. The average Bonchev–Trinajstić information content (AvgIpc) is 3.68. The van der Waals surface area contributed by atoms with Crippen molar-refractivity contribution in [2.24, 2.45) is 0 Å². The number of H-pyrrole nitrogens is 2. The van der Waals surface area contributed by atoms with Crippen LogP contribution in [0.15, 0.2) is 24.8 Å². The second kappa shape index (κ2) is 16.2. The number of aliphatic carboxylic acids is 2. The first-order valence-electron chi connectivity index (χ1n) is 15.6. The van der Waals surface area contributed by atoms with E-state index in [2.05, 4.69) is 29.5 Å². The van der Waals surface area contributed by atoms with Crippen LogP contribution in [0.4, 0.5) is 0 Å². The van der Waals surface area contributed by atoms with Crippen LogP contribution >= 0.6 is 0 Å². The Morgan fingerprint density at radius 1 is 0.958 bits per heavy atom. The molecule has 3 aromatic rings. The van der Waals surface area contributed by atoms with Crippen molar-refractivity contribution in [2.45, 2.75) is 79.1 Å². The number of aromatic nitrogens is 4. The number of carboxylic acid groups (broad SMARTS) is 2. The Labute approximate surface area is 332 Å². The summed E-state index contributed by atoms with van der Waals surface area (Å²) in [5, 5.41) is 20.5. The number of carbonyl (C=O) groups is 3. The van der Waals surface area contributed by atoms with Gasteiger partial charge in [0.25, 0.3) is 0 Å². The van der Waals surface area contributed by atoms with Crippen LogP contribution in [-0.2, 0) is 49.0 Å². The van der Waals surface area contributed by atoms with Crippen LogP contribution in [0.25, 0.3) is 39.3 Å². The first kappa shape index (κ1) is 39.6. The van der Waals surface area contributed by atoms with Crippen molar-refractivity contribution in [1.29, 1.82) is 0 Å². The number of aryl methyl sites for hydroxylation is 3. The van der Waals surface area contributed by atoms with Gasteiger partial charge in [-0.1, -0.05) is 26.5 Å². The molecule has 5 rings (SSSR count). The summed E-state index contributed by atoms with van der Waals surface area (Å²) < 4.78 is 5.19. The second-order valence-corrected chi connectivity index (χ2v) is 11.9. The van der Waals surface area contributed by atoms with Crippen molar-refractivity contribution in [3.63, 3.8) is 0 Å². The Balaban J connectivity index is 0.00000312. The molecule has 0 aliphatic carbocycles. The first-order chi connectivity index (χ1) is 21.9. The van der Waals surface area contributed by atoms with Crippen molar-refractivity contribution in [2.75, 3.05) is 6.61 Å². The van der Waals surface area contributed by atoms with Crippen LogP contribution in [0.3, 0.4) is 0 Å². The predicted octanol–water partition coefficient (Wildman–Crippen LogP) is 4.01. The number of nitrogens with one attached hydrogen (secondary N) is 2. The van der Waals surface area contributed by atoms with Crippen LogP contribution < -0.4 is 51.4 Å². The fourth-order valence-corrected chi connectivity index (χ4v) is 6.75. The maximum atomic E-state index is 12.8. The Bertz CT molecular complexity index is 1990. The summed E-state index contributed by atoms with van der Waals surface area (Å²) in [6.45, 7) is 15.8. The average molecular weight is 727 g/mol. The number of hydrogen-bond donors (Lipinski definition) is 4. The molecule has 2 atom stereocenters. The Kier molecular flexibility index (Phi) is 13.4. The Hall–Kier alpha value is -2.83. The van der Waals surface area contributed by atoms with Gasteiger partial charge in [-0.05, 0) is 81.0 Å². The second-order valence-electron chi connectivity index (χ2n) is 11.9. The topological polar surface area (TPSA) is 158 Å². The van der Waals surface area contributed by atoms with Crippen molar-refractivity contribution in [3.8, 4) is 0 Å². The minimum Gasteiger partial charge on any atom is -0.481 e. The van der Waals surface area contributed by atoms with Gasteiger partial charge in [0.2, 0.25) is 0 Å². The smallest absolute Gasteiger partial charge is 0.481 e. The van der Waals surface area contributed by atoms with Crippen LogP contribution in [0.5, 0.6) is 0 Å². The van der Waals surface area contributed by atoms with E-state index in [-0.39, 0.29) is 116 Å². The SMILES string of the molecule is C=Cc1c(C)c2cc3nc(c(CC(=O)O)c4nc(cc5[nH]c(cc1[nH]2)c(C)c5CC)C(C)=C4C(=O)O)[C@@H](CCC(=O)OCC)[C@@H]3C.[Cu+2].[K+]. The third-order valence-corrected chi connectivity index (χ3v) is 9.24. The summed E-state index contributed by atoms with van der Waals surface area (Å²) in [5.74, 6) is -3.31. The third kappa shape index (κ3) is 7.50. The molecule has 1 radical (unpaired) electrons. The molecule has 48 heavy (non-hydrogen) atoms. The van der Waals surface area contributed by atoms with Crippen molar-refractivity contribution in [1.82, 2.24) is 19.9 Å². The van der Waals surface area contributed by atoms with E-state index in [1.165, 1.54) is 0 Å². The predicted molar refractivity (Wildman–Crippen MR) is 178 cm³/mol. The Morgan fingerprint density at radius 3 is 2.23 bits per heavy atom. The summed E-state index contributed by atoms with van der Waals surface area (Å²) in [4.78, 5) is 54.4. The minimum absolute atomic E-state index is 0. The third-order valence-electron chi connectivity index (χ3n) is 9.24. The van der Waals surface area contributed by atoms with E-state index in [1.807, 2.05) is 39.0 Å². The fourth-order valence-electron chi connectivity index (χ4n) is 6.75. The molecular weight excluding hydrogens is 687 g/mol. The number of aromatic amines is 2. The van der Waals surface area contributed by atoms with Gasteiger partial charge in [0.05, 0.1) is 35.7 Å². The van der Waals surface area contributed by atoms with Gasteiger partial charge in [-0.15, -0.1) is 0 Å². The molecule has 249 valence electrons. The molecule has 0 saturated carbocycles.